The third kappa shape index (κ3) is 2.55. The van der Waals surface area contributed by atoms with E-state index in [0.717, 1.165) is 30.3 Å². The molecule has 114 valence electrons. The molecule has 22 heavy (non-hydrogen) atoms. The fraction of sp³-hybridized carbons (Fsp3) is 0.133. The molecule has 3 aromatic rings. The molecule has 0 aliphatic rings. The van der Waals surface area contributed by atoms with Crippen molar-refractivity contribution in [2.75, 3.05) is 0 Å². The number of hydrogen-bond acceptors (Lipinski definition) is 2. The molecule has 0 aliphatic heterocycles. The second kappa shape index (κ2) is 5.42. The SMILES string of the molecule is OC(Cn1cnc2cc(F)c(F)cc21)c1cc(F)ccc1F. The highest BCUT2D eigenvalue weighted by Gasteiger charge is 2.17. The lowest BCUT2D eigenvalue weighted by atomic mass is 10.1. The Labute approximate surface area is 122 Å². The average Bonchev–Trinajstić information content (AvgIpc) is 2.84. The van der Waals surface area contributed by atoms with Crippen molar-refractivity contribution in [1.82, 2.24) is 9.55 Å². The van der Waals surface area contributed by atoms with Crippen molar-refractivity contribution in [2.24, 2.45) is 0 Å². The number of aliphatic hydroxyl groups excluding tert-OH is 1. The highest BCUT2D eigenvalue weighted by molar-refractivity contribution is 5.75. The molecule has 3 nitrogen and oxygen atoms in total. The summed E-state index contributed by atoms with van der Waals surface area (Å²) in [4.78, 5) is 3.88. The first kappa shape index (κ1) is 14.5. The third-order valence-corrected chi connectivity index (χ3v) is 3.35. The number of rotatable bonds is 3. The Hall–Kier alpha value is -2.41. The first-order valence-corrected chi connectivity index (χ1v) is 6.38. The van der Waals surface area contributed by atoms with Gasteiger partial charge in [0.15, 0.2) is 11.6 Å². The van der Waals surface area contributed by atoms with Crippen LogP contribution in [0.4, 0.5) is 17.6 Å². The number of fused-ring (bicyclic) bond motifs is 1. The molecule has 2 aromatic carbocycles. The normalized spacial score (nSPS) is 12.8. The van der Waals surface area contributed by atoms with E-state index in [4.69, 9.17) is 0 Å². The predicted molar refractivity (Wildman–Crippen MR) is 71.0 cm³/mol. The zero-order valence-corrected chi connectivity index (χ0v) is 11.1. The maximum absolute atomic E-state index is 13.6. The molecule has 0 radical (unpaired) electrons. The summed E-state index contributed by atoms with van der Waals surface area (Å²) in [5.41, 5.74) is 0.227. The molecule has 0 aliphatic carbocycles. The summed E-state index contributed by atoms with van der Waals surface area (Å²) in [5.74, 6) is -3.52. The summed E-state index contributed by atoms with van der Waals surface area (Å²) >= 11 is 0. The summed E-state index contributed by atoms with van der Waals surface area (Å²) in [6.07, 6.45) is -0.0922. The second-order valence-corrected chi connectivity index (χ2v) is 4.83. The van der Waals surface area contributed by atoms with E-state index < -0.39 is 29.4 Å². The minimum atomic E-state index is -1.36. The quantitative estimate of drug-likeness (QED) is 0.754. The molecule has 0 fully saturated rings. The zero-order valence-electron chi connectivity index (χ0n) is 11.1. The van der Waals surface area contributed by atoms with Crippen molar-refractivity contribution < 1.29 is 22.7 Å². The van der Waals surface area contributed by atoms with Crippen LogP contribution < -0.4 is 0 Å². The molecule has 1 unspecified atom stereocenters. The van der Waals surface area contributed by atoms with Gasteiger partial charge in [0.05, 0.1) is 30.0 Å². The monoisotopic (exact) mass is 310 g/mol. The van der Waals surface area contributed by atoms with Crippen LogP contribution in [-0.4, -0.2) is 14.7 Å². The van der Waals surface area contributed by atoms with Crippen LogP contribution >= 0.6 is 0 Å². The maximum Gasteiger partial charge on any atom is 0.161 e. The van der Waals surface area contributed by atoms with E-state index in [1.807, 2.05) is 0 Å². The molecule has 1 N–H and O–H groups in total. The van der Waals surface area contributed by atoms with Crippen molar-refractivity contribution in [2.45, 2.75) is 12.6 Å². The average molecular weight is 310 g/mol. The molecule has 0 amide bonds. The number of imidazole rings is 1. The van der Waals surface area contributed by atoms with Gasteiger partial charge in [-0.1, -0.05) is 0 Å². The van der Waals surface area contributed by atoms with Crippen molar-refractivity contribution in [1.29, 1.82) is 0 Å². The van der Waals surface area contributed by atoms with Gasteiger partial charge in [-0.2, -0.15) is 0 Å². The topological polar surface area (TPSA) is 38.0 Å². The molecule has 3 rings (SSSR count). The van der Waals surface area contributed by atoms with Gasteiger partial charge in [0, 0.05) is 17.7 Å². The fourth-order valence-corrected chi connectivity index (χ4v) is 2.25. The first-order valence-electron chi connectivity index (χ1n) is 6.38. The zero-order chi connectivity index (χ0) is 15.9. The van der Waals surface area contributed by atoms with E-state index in [1.54, 1.807) is 0 Å². The first-order chi connectivity index (χ1) is 10.5. The van der Waals surface area contributed by atoms with Crippen LogP contribution in [0.15, 0.2) is 36.7 Å². The number of benzene rings is 2. The van der Waals surface area contributed by atoms with Crippen LogP contribution in [0.25, 0.3) is 11.0 Å². The minimum absolute atomic E-state index is 0.179. The number of hydrogen-bond donors (Lipinski definition) is 1. The van der Waals surface area contributed by atoms with Gasteiger partial charge in [0.1, 0.15) is 11.6 Å². The number of aliphatic hydroxyl groups is 1. The van der Waals surface area contributed by atoms with Crippen molar-refractivity contribution >= 4 is 11.0 Å². The summed E-state index contributed by atoms with van der Waals surface area (Å²) in [6.45, 7) is -0.179. The Bertz CT molecular complexity index is 847. The van der Waals surface area contributed by atoms with Crippen LogP contribution in [0.3, 0.4) is 0 Å². The Morgan fingerprint density at radius 3 is 2.50 bits per heavy atom. The highest BCUT2D eigenvalue weighted by atomic mass is 19.2. The summed E-state index contributed by atoms with van der Waals surface area (Å²) in [5, 5.41) is 10.1. The van der Waals surface area contributed by atoms with Crippen molar-refractivity contribution in [3.05, 3.63) is 65.5 Å². The molecular formula is C15H10F4N2O. The van der Waals surface area contributed by atoms with E-state index in [9.17, 15) is 22.7 Å². The largest absolute Gasteiger partial charge is 0.386 e. The van der Waals surface area contributed by atoms with E-state index in [-0.39, 0.29) is 23.1 Å². The van der Waals surface area contributed by atoms with Crippen LogP contribution in [0.5, 0.6) is 0 Å². The van der Waals surface area contributed by atoms with Gasteiger partial charge in [0.25, 0.3) is 0 Å². The van der Waals surface area contributed by atoms with Gasteiger partial charge in [-0.25, -0.2) is 22.5 Å². The van der Waals surface area contributed by atoms with Crippen molar-refractivity contribution in [3.63, 3.8) is 0 Å². The molecule has 1 aromatic heterocycles. The standard InChI is InChI=1S/C15H10F4N2O/c16-8-1-2-10(17)9(3-8)15(22)6-21-7-20-13-4-11(18)12(19)5-14(13)21/h1-5,7,15,22H,6H2. The van der Waals surface area contributed by atoms with E-state index >= 15 is 0 Å². The van der Waals surface area contributed by atoms with Gasteiger partial charge in [0.2, 0.25) is 0 Å². The molecule has 0 spiro atoms. The molecular weight excluding hydrogens is 300 g/mol. The Kier molecular flexibility index (Phi) is 3.58. The Morgan fingerprint density at radius 1 is 1.00 bits per heavy atom. The summed E-state index contributed by atoms with van der Waals surface area (Å²) in [6, 6.07) is 4.60. The van der Waals surface area contributed by atoms with E-state index in [0.29, 0.717) is 0 Å². The lowest BCUT2D eigenvalue weighted by Crippen LogP contribution is -2.10. The summed E-state index contributed by atoms with van der Waals surface area (Å²) < 4.78 is 54.5. The van der Waals surface area contributed by atoms with Gasteiger partial charge in [-0.3, -0.25) is 0 Å². The lowest BCUT2D eigenvalue weighted by Gasteiger charge is -2.13. The van der Waals surface area contributed by atoms with Gasteiger partial charge >= 0.3 is 0 Å². The number of aromatic nitrogens is 2. The van der Waals surface area contributed by atoms with Crippen LogP contribution in [0, 0.1) is 23.3 Å². The van der Waals surface area contributed by atoms with Gasteiger partial charge < -0.3 is 9.67 Å². The number of nitrogens with zero attached hydrogens (tertiary/aromatic N) is 2. The second-order valence-electron chi connectivity index (χ2n) is 4.83. The number of halogens is 4. The Balaban J connectivity index is 1.96. The fourth-order valence-electron chi connectivity index (χ4n) is 2.25. The predicted octanol–water partition coefficient (Wildman–Crippen LogP) is 3.33. The highest BCUT2D eigenvalue weighted by Crippen LogP contribution is 2.23. The summed E-state index contributed by atoms with van der Waals surface area (Å²) in [7, 11) is 0. The third-order valence-electron chi connectivity index (χ3n) is 3.35. The van der Waals surface area contributed by atoms with Gasteiger partial charge in [-0.05, 0) is 18.2 Å². The molecule has 1 atom stereocenters. The van der Waals surface area contributed by atoms with Crippen LogP contribution in [0.2, 0.25) is 0 Å². The van der Waals surface area contributed by atoms with Crippen molar-refractivity contribution in [3.8, 4) is 0 Å². The maximum atomic E-state index is 13.6. The molecule has 0 saturated carbocycles. The van der Waals surface area contributed by atoms with E-state index in [1.165, 1.54) is 10.9 Å². The van der Waals surface area contributed by atoms with Gasteiger partial charge in [-0.15, -0.1) is 0 Å². The van der Waals surface area contributed by atoms with Crippen LogP contribution in [-0.2, 0) is 6.54 Å². The molecule has 0 saturated heterocycles. The molecule has 1 heterocycles. The minimum Gasteiger partial charge on any atom is -0.386 e. The molecule has 0 bridgehead atoms. The smallest absolute Gasteiger partial charge is 0.161 e. The lowest BCUT2D eigenvalue weighted by molar-refractivity contribution is 0.153. The molecule has 7 heteroatoms. The van der Waals surface area contributed by atoms with Crippen LogP contribution in [0.1, 0.15) is 11.7 Å². The van der Waals surface area contributed by atoms with E-state index in [2.05, 4.69) is 4.98 Å². The Morgan fingerprint density at radius 2 is 1.73 bits per heavy atom.